The molecule has 0 spiro atoms. The van der Waals surface area contributed by atoms with Gasteiger partial charge in [-0.05, 0) is 58.3 Å². The maximum atomic E-state index is 3.26. The van der Waals surface area contributed by atoms with Crippen LogP contribution in [-0.2, 0) is 0 Å². The third-order valence-corrected chi connectivity index (χ3v) is 6.61. The number of unbranched alkanes of at least 4 members (excludes halogenated alkanes) is 2. The van der Waals surface area contributed by atoms with E-state index in [1.54, 1.807) is 0 Å². The van der Waals surface area contributed by atoms with E-state index in [0.29, 0.717) is 0 Å². The standard InChI is InChI=1S/C13H30N2S4/c1-14-8-11-15(9-4-6-12-18-16-2)10-5-7-13-19-17-3/h14H,4-13H2,1-3H3. The quantitative estimate of drug-likeness (QED) is 0.353. The number of likely N-dealkylation sites (N-methyl/N-ethyl adjacent to an activating group) is 1. The molecule has 0 rings (SSSR count). The summed E-state index contributed by atoms with van der Waals surface area (Å²) in [6, 6.07) is 0. The van der Waals surface area contributed by atoms with Crippen molar-refractivity contribution in [3.8, 4) is 0 Å². The number of rotatable bonds is 15. The molecule has 0 saturated carbocycles. The highest BCUT2D eigenvalue weighted by molar-refractivity contribution is 8.76. The minimum absolute atomic E-state index is 1.11. The van der Waals surface area contributed by atoms with E-state index >= 15 is 0 Å². The Balaban J connectivity index is 3.57. The molecule has 2 nitrogen and oxygen atoms in total. The smallest absolute Gasteiger partial charge is 0.0107 e. The van der Waals surface area contributed by atoms with Crippen molar-refractivity contribution in [2.75, 3.05) is 57.2 Å². The molecule has 0 atom stereocenters. The van der Waals surface area contributed by atoms with Gasteiger partial charge in [-0.3, -0.25) is 0 Å². The van der Waals surface area contributed by atoms with Crippen LogP contribution in [0.5, 0.6) is 0 Å². The van der Waals surface area contributed by atoms with Crippen LogP contribution in [0.25, 0.3) is 0 Å². The van der Waals surface area contributed by atoms with Gasteiger partial charge in [0.2, 0.25) is 0 Å². The van der Waals surface area contributed by atoms with Gasteiger partial charge >= 0.3 is 0 Å². The van der Waals surface area contributed by atoms with Gasteiger partial charge in [-0.1, -0.05) is 43.2 Å². The van der Waals surface area contributed by atoms with Crippen LogP contribution in [0.2, 0.25) is 0 Å². The summed E-state index contributed by atoms with van der Waals surface area (Å²) in [6.07, 6.45) is 9.72. The maximum Gasteiger partial charge on any atom is 0.0107 e. The third-order valence-electron chi connectivity index (χ3n) is 2.82. The summed E-state index contributed by atoms with van der Waals surface area (Å²) in [5, 5.41) is 3.26. The second-order valence-electron chi connectivity index (χ2n) is 4.34. The number of nitrogens with one attached hydrogen (secondary N) is 1. The lowest BCUT2D eigenvalue weighted by atomic mass is 10.2. The fraction of sp³-hybridized carbons (Fsp3) is 1.00. The van der Waals surface area contributed by atoms with Gasteiger partial charge in [0.25, 0.3) is 0 Å². The molecule has 0 aliphatic heterocycles. The Morgan fingerprint density at radius 3 is 1.74 bits per heavy atom. The molecule has 0 radical (unpaired) electrons. The SMILES string of the molecule is CNCCN(CCCCSSC)CCCCSSC. The number of hydrogen-bond donors (Lipinski definition) is 1. The average Bonchev–Trinajstić information content (AvgIpc) is 2.43. The molecule has 0 amide bonds. The van der Waals surface area contributed by atoms with Crippen LogP contribution < -0.4 is 5.32 Å². The largest absolute Gasteiger partial charge is 0.318 e. The van der Waals surface area contributed by atoms with Crippen LogP contribution >= 0.6 is 43.2 Å². The van der Waals surface area contributed by atoms with Gasteiger partial charge in [0.15, 0.2) is 0 Å². The fourth-order valence-corrected chi connectivity index (χ4v) is 4.45. The molecule has 1 N–H and O–H groups in total. The van der Waals surface area contributed by atoms with Crippen LogP contribution in [-0.4, -0.2) is 62.1 Å². The van der Waals surface area contributed by atoms with Crippen LogP contribution in [0.1, 0.15) is 25.7 Å². The first-order chi connectivity index (χ1) is 9.35. The summed E-state index contributed by atoms with van der Waals surface area (Å²) in [5.74, 6) is 2.59. The van der Waals surface area contributed by atoms with E-state index in [1.807, 2.05) is 50.2 Å². The van der Waals surface area contributed by atoms with E-state index in [2.05, 4.69) is 22.7 Å². The van der Waals surface area contributed by atoms with Crippen LogP contribution in [0.15, 0.2) is 0 Å². The molecule has 0 unspecified atom stereocenters. The summed E-state index contributed by atoms with van der Waals surface area (Å²) < 4.78 is 0. The van der Waals surface area contributed by atoms with Crippen molar-refractivity contribution >= 4 is 43.2 Å². The van der Waals surface area contributed by atoms with Crippen molar-refractivity contribution in [1.82, 2.24) is 10.2 Å². The Hall–Kier alpha value is 1.32. The van der Waals surface area contributed by atoms with E-state index in [9.17, 15) is 0 Å². The zero-order chi connectivity index (χ0) is 14.2. The van der Waals surface area contributed by atoms with Crippen molar-refractivity contribution in [2.24, 2.45) is 0 Å². The maximum absolute atomic E-state index is 3.26. The first-order valence-electron chi connectivity index (χ1n) is 7.03. The number of nitrogens with zero attached hydrogens (tertiary/aromatic N) is 1. The second kappa shape index (κ2) is 17.4. The second-order valence-corrected chi connectivity index (χ2v) is 9.71. The van der Waals surface area contributed by atoms with Gasteiger partial charge in [-0.15, -0.1) is 0 Å². The van der Waals surface area contributed by atoms with Gasteiger partial charge in [0, 0.05) is 24.6 Å². The molecule has 0 fully saturated rings. The molecule has 19 heavy (non-hydrogen) atoms. The van der Waals surface area contributed by atoms with E-state index < -0.39 is 0 Å². The Bertz CT molecular complexity index is 159. The zero-order valence-corrected chi connectivity index (χ0v) is 15.9. The lowest BCUT2D eigenvalue weighted by Crippen LogP contribution is -2.32. The molecular formula is C13H30N2S4. The van der Waals surface area contributed by atoms with E-state index in [1.165, 1.54) is 56.8 Å². The molecule has 116 valence electrons. The van der Waals surface area contributed by atoms with Crippen molar-refractivity contribution in [1.29, 1.82) is 0 Å². The van der Waals surface area contributed by atoms with E-state index in [0.717, 1.165) is 6.54 Å². The molecule has 0 aromatic heterocycles. The van der Waals surface area contributed by atoms with Crippen LogP contribution in [0.3, 0.4) is 0 Å². The normalized spacial score (nSPS) is 11.4. The lowest BCUT2D eigenvalue weighted by molar-refractivity contribution is 0.267. The Kier molecular flexibility index (Phi) is 18.6. The summed E-state index contributed by atoms with van der Waals surface area (Å²) in [5.41, 5.74) is 0. The fourth-order valence-electron chi connectivity index (χ4n) is 1.76. The molecule has 0 heterocycles. The predicted molar refractivity (Wildman–Crippen MR) is 101 cm³/mol. The van der Waals surface area contributed by atoms with E-state index in [4.69, 9.17) is 0 Å². The topological polar surface area (TPSA) is 15.3 Å². The lowest BCUT2D eigenvalue weighted by Gasteiger charge is -2.22. The molecule has 0 saturated heterocycles. The van der Waals surface area contributed by atoms with E-state index in [-0.39, 0.29) is 0 Å². The van der Waals surface area contributed by atoms with Crippen molar-refractivity contribution in [3.63, 3.8) is 0 Å². The zero-order valence-electron chi connectivity index (χ0n) is 12.7. The van der Waals surface area contributed by atoms with Gasteiger partial charge < -0.3 is 10.2 Å². The van der Waals surface area contributed by atoms with Gasteiger partial charge in [-0.2, -0.15) is 0 Å². The van der Waals surface area contributed by atoms with Crippen LogP contribution in [0.4, 0.5) is 0 Å². The first-order valence-corrected chi connectivity index (χ1v) is 12.5. The molecule has 0 aromatic carbocycles. The molecule has 0 aliphatic carbocycles. The third kappa shape index (κ3) is 15.5. The first kappa shape index (κ1) is 20.3. The summed E-state index contributed by atoms with van der Waals surface area (Å²) in [4.78, 5) is 2.63. The Morgan fingerprint density at radius 1 is 0.789 bits per heavy atom. The minimum atomic E-state index is 1.11. The highest BCUT2D eigenvalue weighted by Crippen LogP contribution is 2.19. The van der Waals surface area contributed by atoms with Gasteiger partial charge in [0.05, 0.1) is 0 Å². The molecule has 0 bridgehead atoms. The predicted octanol–water partition coefficient (Wildman–Crippen LogP) is 4.09. The minimum Gasteiger partial charge on any atom is -0.318 e. The van der Waals surface area contributed by atoms with Crippen molar-refractivity contribution in [3.05, 3.63) is 0 Å². The summed E-state index contributed by atoms with van der Waals surface area (Å²) in [6.45, 7) is 4.85. The highest BCUT2D eigenvalue weighted by atomic mass is 33.1. The van der Waals surface area contributed by atoms with Gasteiger partial charge in [0.1, 0.15) is 0 Å². The Morgan fingerprint density at radius 2 is 1.32 bits per heavy atom. The molecule has 0 aliphatic rings. The molecular weight excluding hydrogens is 312 g/mol. The van der Waals surface area contributed by atoms with Gasteiger partial charge in [-0.25, -0.2) is 0 Å². The summed E-state index contributed by atoms with van der Waals surface area (Å²) >= 11 is 0. The highest BCUT2D eigenvalue weighted by Gasteiger charge is 2.04. The monoisotopic (exact) mass is 342 g/mol. The average molecular weight is 343 g/mol. The van der Waals surface area contributed by atoms with Crippen molar-refractivity contribution < 1.29 is 0 Å². The molecule has 6 heteroatoms. The number of hydrogen-bond acceptors (Lipinski definition) is 6. The summed E-state index contributed by atoms with van der Waals surface area (Å²) in [7, 11) is 9.78. The van der Waals surface area contributed by atoms with Crippen molar-refractivity contribution in [2.45, 2.75) is 25.7 Å². The Labute approximate surface area is 136 Å². The van der Waals surface area contributed by atoms with Crippen LogP contribution in [0, 0.1) is 0 Å². The molecule has 0 aromatic rings.